The number of aliphatic carboxylic acids is 1. The Bertz CT molecular complexity index is 1920. The van der Waals surface area contributed by atoms with Crippen LogP contribution >= 0.6 is 0 Å². The van der Waals surface area contributed by atoms with Crippen LogP contribution in [0.25, 0.3) is 10.9 Å². The van der Waals surface area contributed by atoms with Crippen LogP contribution in [-0.2, 0) is 46.4 Å². The van der Waals surface area contributed by atoms with Gasteiger partial charge in [0.2, 0.25) is 35.4 Å². The Hall–Kier alpha value is -5.97. The number of hydrogen-bond acceptors (Lipinski definition) is 9. The van der Waals surface area contributed by atoms with Gasteiger partial charge in [-0.05, 0) is 75.3 Å². The molecule has 0 radical (unpaired) electrons. The van der Waals surface area contributed by atoms with Crippen molar-refractivity contribution in [2.75, 3.05) is 26.2 Å². The SMILES string of the molecule is CC(C)[C@H](NC(=O)CNC(=O)[C@@H]1CCCN1C(=O)[C@@H](N)Cc1c[nH]c2ccccc12)C(=O)NCC(=O)N[C@H](Cc1ccc(OC(C)(C)C)cc1)C(=O)NCC(=O)O. The van der Waals surface area contributed by atoms with Gasteiger partial charge in [-0.15, -0.1) is 0 Å². The van der Waals surface area contributed by atoms with E-state index in [1.165, 1.54) is 4.90 Å². The van der Waals surface area contributed by atoms with Gasteiger partial charge in [-0.2, -0.15) is 0 Å². The first-order valence-corrected chi connectivity index (χ1v) is 18.9. The lowest BCUT2D eigenvalue weighted by Crippen LogP contribution is -2.56. The van der Waals surface area contributed by atoms with Crippen molar-refractivity contribution in [3.05, 3.63) is 65.9 Å². The van der Waals surface area contributed by atoms with Crippen molar-refractivity contribution in [3.8, 4) is 5.75 Å². The molecule has 2 heterocycles. The lowest BCUT2D eigenvalue weighted by atomic mass is 10.0. The summed E-state index contributed by atoms with van der Waals surface area (Å²) in [5.41, 5.74) is 8.37. The van der Waals surface area contributed by atoms with Crippen LogP contribution in [0.1, 0.15) is 58.6 Å². The number of rotatable bonds is 18. The summed E-state index contributed by atoms with van der Waals surface area (Å²) < 4.78 is 5.82. The Morgan fingerprint density at radius 3 is 2.19 bits per heavy atom. The van der Waals surface area contributed by atoms with Crippen LogP contribution in [0.5, 0.6) is 5.75 Å². The Morgan fingerprint density at radius 1 is 0.877 bits per heavy atom. The fourth-order valence-corrected chi connectivity index (χ4v) is 6.49. The molecule has 4 atom stereocenters. The predicted octanol–water partition coefficient (Wildman–Crippen LogP) is 0.508. The second-order valence-corrected chi connectivity index (χ2v) is 15.4. The molecule has 17 heteroatoms. The van der Waals surface area contributed by atoms with E-state index in [0.29, 0.717) is 30.7 Å². The van der Waals surface area contributed by atoms with Crippen molar-refractivity contribution in [1.82, 2.24) is 36.5 Å². The van der Waals surface area contributed by atoms with Crippen LogP contribution in [0, 0.1) is 5.92 Å². The number of nitrogens with one attached hydrogen (secondary N) is 6. The number of carbonyl (C=O) groups excluding carboxylic acids is 6. The maximum atomic E-state index is 13.4. The van der Waals surface area contributed by atoms with E-state index in [4.69, 9.17) is 15.6 Å². The first-order chi connectivity index (χ1) is 26.9. The third kappa shape index (κ3) is 13.1. The average Bonchev–Trinajstić information content (AvgIpc) is 3.81. The zero-order chi connectivity index (χ0) is 41.9. The van der Waals surface area contributed by atoms with Crippen molar-refractivity contribution >= 4 is 52.3 Å². The van der Waals surface area contributed by atoms with Gasteiger partial charge in [0.15, 0.2) is 0 Å². The topological polar surface area (TPSA) is 254 Å². The molecule has 1 saturated heterocycles. The van der Waals surface area contributed by atoms with E-state index in [9.17, 15) is 33.6 Å². The Kier molecular flexibility index (Phi) is 15.2. The van der Waals surface area contributed by atoms with Gasteiger partial charge in [0.05, 0.1) is 19.1 Å². The van der Waals surface area contributed by atoms with Gasteiger partial charge in [0.1, 0.15) is 36.0 Å². The maximum Gasteiger partial charge on any atom is 0.322 e. The summed E-state index contributed by atoms with van der Waals surface area (Å²) in [6.07, 6.45) is 3.11. The first kappa shape index (κ1) is 43.8. The molecular weight excluding hydrogens is 736 g/mol. The van der Waals surface area contributed by atoms with Gasteiger partial charge < -0.3 is 52.0 Å². The van der Waals surface area contributed by atoms with Crippen LogP contribution in [0.2, 0.25) is 0 Å². The molecule has 1 aliphatic heterocycles. The summed E-state index contributed by atoms with van der Waals surface area (Å²) in [5.74, 6) is -4.78. The summed E-state index contributed by atoms with van der Waals surface area (Å²) in [4.78, 5) is 94.1. The van der Waals surface area contributed by atoms with Gasteiger partial charge in [-0.3, -0.25) is 33.6 Å². The number of aromatic amines is 1. The number of likely N-dealkylation sites (tertiary alicyclic amines) is 1. The molecule has 1 aromatic heterocycles. The highest BCUT2D eigenvalue weighted by Gasteiger charge is 2.36. The molecular formula is C40H54N8O9. The minimum atomic E-state index is -1.26. The van der Waals surface area contributed by atoms with E-state index in [2.05, 4.69) is 31.6 Å². The molecule has 0 aliphatic carbocycles. The Labute approximate surface area is 331 Å². The second kappa shape index (κ2) is 19.8. The summed E-state index contributed by atoms with van der Waals surface area (Å²) in [6.45, 7) is 7.74. The van der Waals surface area contributed by atoms with Crippen molar-refractivity contribution in [3.63, 3.8) is 0 Å². The van der Waals surface area contributed by atoms with Gasteiger partial charge in [0, 0.05) is 30.1 Å². The number of benzene rings is 2. The van der Waals surface area contributed by atoms with Crippen molar-refractivity contribution in [1.29, 1.82) is 0 Å². The minimum absolute atomic E-state index is 0.0158. The Morgan fingerprint density at radius 2 is 1.53 bits per heavy atom. The lowest BCUT2D eigenvalue weighted by molar-refractivity contribution is -0.139. The molecule has 0 spiro atoms. The minimum Gasteiger partial charge on any atom is -0.488 e. The monoisotopic (exact) mass is 790 g/mol. The number of fused-ring (bicyclic) bond motifs is 1. The van der Waals surface area contributed by atoms with Crippen LogP contribution in [0.15, 0.2) is 54.7 Å². The maximum absolute atomic E-state index is 13.4. The highest BCUT2D eigenvalue weighted by Crippen LogP contribution is 2.23. The van der Waals surface area contributed by atoms with E-state index >= 15 is 0 Å². The fraction of sp³-hybridized carbons (Fsp3) is 0.475. The smallest absolute Gasteiger partial charge is 0.322 e. The molecule has 2 aromatic carbocycles. The van der Waals surface area contributed by atoms with Gasteiger partial charge in [0.25, 0.3) is 0 Å². The van der Waals surface area contributed by atoms with E-state index in [-0.39, 0.29) is 18.7 Å². The number of amides is 6. The molecule has 57 heavy (non-hydrogen) atoms. The number of hydrogen-bond donors (Lipinski definition) is 8. The van der Waals surface area contributed by atoms with E-state index in [1.54, 1.807) is 38.1 Å². The van der Waals surface area contributed by atoms with Crippen LogP contribution in [0.3, 0.4) is 0 Å². The molecule has 17 nitrogen and oxygen atoms in total. The van der Waals surface area contributed by atoms with E-state index < -0.39 is 90.8 Å². The predicted molar refractivity (Wildman–Crippen MR) is 211 cm³/mol. The largest absolute Gasteiger partial charge is 0.488 e. The molecule has 0 bridgehead atoms. The average molecular weight is 791 g/mol. The Balaban J connectivity index is 1.27. The highest BCUT2D eigenvalue weighted by atomic mass is 16.5. The lowest BCUT2D eigenvalue weighted by Gasteiger charge is -2.27. The second-order valence-electron chi connectivity index (χ2n) is 15.4. The van der Waals surface area contributed by atoms with Gasteiger partial charge in [-0.1, -0.05) is 44.2 Å². The number of aromatic nitrogens is 1. The number of carbonyl (C=O) groups is 7. The van der Waals surface area contributed by atoms with Gasteiger partial charge in [-0.25, -0.2) is 0 Å². The van der Waals surface area contributed by atoms with Crippen LogP contribution in [-0.4, -0.2) is 112 Å². The number of nitrogens with zero attached hydrogens (tertiary/aromatic N) is 1. The third-order valence-corrected chi connectivity index (χ3v) is 9.24. The number of carboxylic acids is 1. The molecule has 1 fully saturated rings. The first-order valence-electron chi connectivity index (χ1n) is 18.9. The fourth-order valence-electron chi connectivity index (χ4n) is 6.49. The number of ether oxygens (including phenoxy) is 1. The molecule has 0 unspecified atom stereocenters. The van der Waals surface area contributed by atoms with E-state index in [1.807, 2.05) is 51.2 Å². The molecule has 4 rings (SSSR count). The number of para-hydroxylation sites is 1. The van der Waals surface area contributed by atoms with Gasteiger partial charge >= 0.3 is 5.97 Å². The summed E-state index contributed by atoms with van der Waals surface area (Å²) in [7, 11) is 0. The number of H-pyrrole nitrogens is 1. The molecule has 1 aliphatic rings. The highest BCUT2D eigenvalue weighted by molar-refractivity contribution is 5.95. The molecule has 3 aromatic rings. The zero-order valence-electron chi connectivity index (χ0n) is 33.0. The number of carboxylic acid groups (broad SMARTS) is 1. The standard InChI is InChI=1S/C40H54N8O9/c1-23(2)35(38(55)44-20-32(49)46-30(36(53)45-22-34(51)52)17-24-12-14-26(15-13-24)57-40(3,4)5)47-33(50)21-43-37(54)31-11-8-16-48(31)39(56)28(41)18-25-19-42-29-10-7-6-9-27(25)29/h6-7,9-10,12-15,19,23,28,30-31,35,42H,8,11,16-18,20-22,41H2,1-5H3,(H,43,54)(H,44,55)(H,45,53)(H,46,49)(H,47,50)(H,51,52)/t28-,30+,31-,35-/m0/s1. The molecule has 9 N–H and O–H groups in total. The summed E-state index contributed by atoms with van der Waals surface area (Å²) in [6, 6.07) is 10.6. The quantitative estimate of drug-likeness (QED) is 0.0886. The normalized spacial score (nSPS) is 15.6. The molecule has 308 valence electrons. The van der Waals surface area contributed by atoms with Crippen LogP contribution in [0.4, 0.5) is 0 Å². The third-order valence-electron chi connectivity index (χ3n) is 9.24. The molecule has 0 saturated carbocycles. The van der Waals surface area contributed by atoms with Crippen molar-refractivity contribution in [2.24, 2.45) is 11.7 Å². The summed E-state index contributed by atoms with van der Waals surface area (Å²) in [5, 5.41) is 22.4. The number of nitrogens with two attached hydrogens (primary N) is 1. The zero-order valence-corrected chi connectivity index (χ0v) is 33.0. The van der Waals surface area contributed by atoms with Crippen molar-refractivity contribution in [2.45, 2.75) is 90.1 Å². The van der Waals surface area contributed by atoms with E-state index in [0.717, 1.165) is 16.5 Å². The summed E-state index contributed by atoms with van der Waals surface area (Å²) >= 11 is 0. The molecule has 6 amide bonds. The van der Waals surface area contributed by atoms with Crippen LogP contribution < -0.4 is 37.1 Å². The van der Waals surface area contributed by atoms with Crippen molar-refractivity contribution < 1.29 is 43.4 Å².